The van der Waals surface area contributed by atoms with Crippen molar-refractivity contribution in [3.05, 3.63) is 47.8 Å². The molecule has 1 aromatic carbocycles. The molecular weight excluding hydrogens is 177 g/mol. The van der Waals surface area contributed by atoms with E-state index in [1.165, 1.54) is 6.07 Å². The van der Waals surface area contributed by atoms with Gasteiger partial charge in [-0.3, -0.25) is 0 Å². The Bertz CT molecular complexity index is 320. The zero-order valence-electron chi connectivity index (χ0n) is 8.68. The number of hydrogen-bond donors (Lipinski definition) is 1. The van der Waals surface area contributed by atoms with Crippen LogP contribution in [0.15, 0.2) is 30.9 Å². The quantitative estimate of drug-likeness (QED) is 0.725. The molecule has 2 heteroatoms. The van der Waals surface area contributed by atoms with E-state index in [1.807, 2.05) is 25.3 Å². The van der Waals surface area contributed by atoms with E-state index in [0.717, 1.165) is 12.0 Å². The van der Waals surface area contributed by atoms with Crippen LogP contribution in [0.4, 0.5) is 4.39 Å². The second-order valence-corrected chi connectivity index (χ2v) is 3.37. The highest BCUT2D eigenvalue weighted by Crippen LogP contribution is 2.19. The first-order valence-corrected chi connectivity index (χ1v) is 4.73. The van der Waals surface area contributed by atoms with Gasteiger partial charge in [0.05, 0.1) is 0 Å². The first kappa shape index (κ1) is 10.9. The summed E-state index contributed by atoms with van der Waals surface area (Å²) in [4.78, 5) is 0. The Morgan fingerprint density at radius 2 is 2.29 bits per heavy atom. The van der Waals surface area contributed by atoms with E-state index in [4.69, 9.17) is 0 Å². The molecule has 0 heterocycles. The van der Waals surface area contributed by atoms with Gasteiger partial charge in [-0.1, -0.05) is 18.2 Å². The van der Waals surface area contributed by atoms with Crippen molar-refractivity contribution in [2.24, 2.45) is 0 Å². The van der Waals surface area contributed by atoms with Crippen LogP contribution < -0.4 is 5.32 Å². The second kappa shape index (κ2) is 4.91. The zero-order valence-corrected chi connectivity index (χ0v) is 8.68. The van der Waals surface area contributed by atoms with Crippen LogP contribution in [0.5, 0.6) is 0 Å². The predicted molar refractivity (Wildman–Crippen MR) is 57.8 cm³/mol. The number of halogens is 1. The number of benzene rings is 1. The van der Waals surface area contributed by atoms with Gasteiger partial charge in [0.2, 0.25) is 0 Å². The monoisotopic (exact) mass is 193 g/mol. The molecule has 1 unspecified atom stereocenters. The van der Waals surface area contributed by atoms with Crippen molar-refractivity contribution >= 4 is 0 Å². The van der Waals surface area contributed by atoms with Crippen LogP contribution in [0.3, 0.4) is 0 Å². The first-order valence-electron chi connectivity index (χ1n) is 4.73. The molecule has 1 atom stereocenters. The third-order valence-corrected chi connectivity index (χ3v) is 2.34. The molecule has 0 aromatic heterocycles. The second-order valence-electron chi connectivity index (χ2n) is 3.37. The molecule has 0 aliphatic rings. The minimum absolute atomic E-state index is 0.151. The number of rotatable bonds is 4. The summed E-state index contributed by atoms with van der Waals surface area (Å²) in [6.45, 7) is 5.48. The van der Waals surface area contributed by atoms with E-state index in [-0.39, 0.29) is 11.9 Å². The van der Waals surface area contributed by atoms with Gasteiger partial charge in [0.15, 0.2) is 0 Å². The van der Waals surface area contributed by atoms with Gasteiger partial charge < -0.3 is 5.32 Å². The maximum absolute atomic E-state index is 13.0. The largest absolute Gasteiger partial charge is 0.313 e. The van der Waals surface area contributed by atoms with E-state index in [9.17, 15) is 4.39 Å². The SMILES string of the molecule is C=CCC(NC)c1ccc(F)c(C)c1. The lowest BCUT2D eigenvalue weighted by atomic mass is 10.0. The maximum atomic E-state index is 13.0. The fraction of sp³-hybridized carbons (Fsp3) is 0.333. The Hall–Kier alpha value is -1.15. The molecular formula is C12H16FN. The molecule has 76 valence electrons. The minimum atomic E-state index is -0.151. The lowest BCUT2D eigenvalue weighted by Gasteiger charge is -2.15. The van der Waals surface area contributed by atoms with Crippen LogP contribution in [-0.4, -0.2) is 7.05 Å². The summed E-state index contributed by atoms with van der Waals surface area (Å²) in [7, 11) is 1.90. The van der Waals surface area contributed by atoms with E-state index in [0.29, 0.717) is 5.56 Å². The van der Waals surface area contributed by atoms with Crippen LogP contribution in [0.2, 0.25) is 0 Å². The van der Waals surface area contributed by atoms with Crippen LogP contribution >= 0.6 is 0 Å². The minimum Gasteiger partial charge on any atom is -0.313 e. The summed E-state index contributed by atoms with van der Waals surface area (Å²) in [5.41, 5.74) is 1.79. The Balaban J connectivity index is 2.93. The first-order chi connectivity index (χ1) is 6.69. The summed E-state index contributed by atoms with van der Waals surface area (Å²) in [6, 6.07) is 5.43. The van der Waals surface area contributed by atoms with Crippen LogP contribution in [-0.2, 0) is 0 Å². The van der Waals surface area contributed by atoms with E-state index < -0.39 is 0 Å². The molecule has 0 bridgehead atoms. The Morgan fingerprint density at radius 3 is 2.79 bits per heavy atom. The third-order valence-electron chi connectivity index (χ3n) is 2.34. The van der Waals surface area contributed by atoms with Gasteiger partial charge in [-0.25, -0.2) is 4.39 Å². The summed E-state index contributed by atoms with van der Waals surface area (Å²) < 4.78 is 13.0. The van der Waals surface area contributed by atoms with Gasteiger partial charge in [0.25, 0.3) is 0 Å². The molecule has 0 amide bonds. The highest BCUT2D eigenvalue weighted by atomic mass is 19.1. The normalized spacial score (nSPS) is 12.5. The summed E-state index contributed by atoms with van der Waals surface area (Å²) in [6.07, 6.45) is 2.71. The Kier molecular flexibility index (Phi) is 3.84. The van der Waals surface area contributed by atoms with Gasteiger partial charge in [-0.2, -0.15) is 0 Å². The molecule has 0 fully saturated rings. The average Bonchev–Trinajstić information content (AvgIpc) is 2.19. The molecule has 0 saturated heterocycles. The van der Waals surface area contributed by atoms with Crippen LogP contribution in [0, 0.1) is 12.7 Å². The maximum Gasteiger partial charge on any atom is 0.126 e. The Labute approximate surface area is 84.6 Å². The molecule has 0 aliphatic carbocycles. The van der Waals surface area contributed by atoms with E-state index in [2.05, 4.69) is 11.9 Å². The van der Waals surface area contributed by atoms with Crippen molar-refractivity contribution in [2.45, 2.75) is 19.4 Å². The fourth-order valence-electron chi connectivity index (χ4n) is 1.47. The lowest BCUT2D eigenvalue weighted by Crippen LogP contribution is -2.15. The van der Waals surface area contributed by atoms with Crippen LogP contribution in [0.1, 0.15) is 23.6 Å². The van der Waals surface area contributed by atoms with Crippen molar-refractivity contribution < 1.29 is 4.39 Å². The topological polar surface area (TPSA) is 12.0 Å². The smallest absolute Gasteiger partial charge is 0.126 e. The van der Waals surface area contributed by atoms with Crippen molar-refractivity contribution in [3.8, 4) is 0 Å². The van der Waals surface area contributed by atoms with Crippen molar-refractivity contribution in [3.63, 3.8) is 0 Å². The highest BCUT2D eigenvalue weighted by Gasteiger charge is 2.08. The molecule has 0 spiro atoms. The molecule has 1 N–H and O–H groups in total. The molecule has 14 heavy (non-hydrogen) atoms. The van der Waals surface area contributed by atoms with Gasteiger partial charge in [0, 0.05) is 6.04 Å². The van der Waals surface area contributed by atoms with Gasteiger partial charge in [0.1, 0.15) is 5.82 Å². The van der Waals surface area contributed by atoms with E-state index >= 15 is 0 Å². The van der Waals surface area contributed by atoms with Gasteiger partial charge in [-0.15, -0.1) is 6.58 Å². The fourth-order valence-corrected chi connectivity index (χ4v) is 1.47. The lowest BCUT2D eigenvalue weighted by molar-refractivity contribution is 0.591. The average molecular weight is 193 g/mol. The summed E-state index contributed by atoms with van der Waals surface area (Å²) in [5.74, 6) is -0.151. The standard InChI is InChI=1S/C12H16FN/c1-4-5-12(14-3)10-6-7-11(13)9(2)8-10/h4,6-8,12,14H,1,5H2,2-3H3. The van der Waals surface area contributed by atoms with Gasteiger partial charge in [-0.05, 0) is 37.6 Å². The predicted octanol–water partition coefficient (Wildman–Crippen LogP) is 2.97. The molecule has 1 aromatic rings. The summed E-state index contributed by atoms with van der Waals surface area (Å²) in [5, 5.41) is 3.17. The van der Waals surface area contributed by atoms with Crippen molar-refractivity contribution in [1.29, 1.82) is 0 Å². The van der Waals surface area contributed by atoms with Crippen molar-refractivity contribution in [2.75, 3.05) is 7.05 Å². The molecule has 0 saturated carbocycles. The summed E-state index contributed by atoms with van der Waals surface area (Å²) >= 11 is 0. The number of hydrogen-bond acceptors (Lipinski definition) is 1. The molecule has 0 aliphatic heterocycles. The third kappa shape index (κ3) is 2.42. The number of aryl methyl sites for hydroxylation is 1. The molecule has 1 nitrogen and oxygen atoms in total. The van der Waals surface area contributed by atoms with Gasteiger partial charge >= 0.3 is 0 Å². The zero-order chi connectivity index (χ0) is 10.6. The van der Waals surface area contributed by atoms with Crippen LogP contribution in [0.25, 0.3) is 0 Å². The molecule has 1 rings (SSSR count). The highest BCUT2D eigenvalue weighted by molar-refractivity contribution is 5.26. The van der Waals surface area contributed by atoms with Crippen molar-refractivity contribution in [1.82, 2.24) is 5.32 Å². The van der Waals surface area contributed by atoms with E-state index in [1.54, 1.807) is 6.92 Å². The Morgan fingerprint density at radius 1 is 1.57 bits per heavy atom. The molecule has 0 radical (unpaired) electrons. The number of nitrogens with one attached hydrogen (secondary N) is 1.